The first-order valence-electron chi connectivity index (χ1n) is 6.24. The van der Waals surface area contributed by atoms with Crippen molar-refractivity contribution < 1.29 is 0 Å². The zero-order valence-electron chi connectivity index (χ0n) is 10.7. The number of hydrogen-bond acceptors (Lipinski definition) is 3. The molecular weight excluding hydrogens is 198 g/mol. The Labute approximate surface area is 97.9 Å². The Morgan fingerprint density at radius 2 is 1.88 bits per heavy atom. The van der Waals surface area contributed by atoms with E-state index in [2.05, 4.69) is 41.7 Å². The predicted octanol–water partition coefficient (Wildman–Crippen LogP) is 2.72. The lowest BCUT2D eigenvalue weighted by Crippen LogP contribution is -2.33. The van der Waals surface area contributed by atoms with Crippen LogP contribution in [0.2, 0.25) is 0 Å². The van der Waals surface area contributed by atoms with Crippen molar-refractivity contribution in [3.8, 4) is 0 Å². The molecule has 0 saturated carbocycles. The van der Waals surface area contributed by atoms with Crippen molar-refractivity contribution in [2.45, 2.75) is 59.0 Å². The number of nitrogens with zero attached hydrogens (tertiary/aromatic N) is 3. The van der Waals surface area contributed by atoms with E-state index in [1.165, 1.54) is 12.8 Å². The van der Waals surface area contributed by atoms with Gasteiger partial charge < -0.3 is 4.90 Å². The lowest BCUT2D eigenvalue weighted by molar-refractivity contribution is 0.678. The van der Waals surface area contributed by atoms with E-state index in [1.807, 2.05) is 6.92 Å². The van der Waals surface area contributed by atoms with Gasteiger partial charge in [-0.25, -0.2) is 9.97 Å². The molecule has 88 valence electrons. The minimum atomic E-state index is 0.606. The fraction of sp³-hybridized carbons (Fsp3) is 0.692. The summed E-state index contributed by atoms with van der Waals surface area (Å²) in [5.74, 6) is 2.00. The molecule has 1 aliphatic rings. The molecule has 3 heteroatoms. The summed E-state index contributed by atoms with van der Waals surface area (Å²) in [6, 6.07) is 3.36. The van der Waals surface area contributed by atoms with Crippen molar-refractivity contribution in [1.82, 2.24) is 9.97 Å². The molecule has 1 aromatic rings. The smallest absolute Gasteiger partial charge is 0.132 e. The van der Waals surface area contributed by atoms with E-state index >= 15 is 0 Å². The van der Waals surface area contributed by atoms with Gasteiger partial charge in [-0.3, -0.25) is 0 Å². The highest BCUT2D eigenvalue weighted by Crippen LogP contribution is 2.29. The highest BCUT2D eigenvalue weighted by molar-refractivity contribution is 5.43. The number of hydrogen-bond donors (Lipinski definition) is 0. The SMILES string of the molecule is CCc1cc(N2C(C)CCC2C)nc(C)n1. The van der Waals surface area contributed by atoms with Gasteiger partial charge in [0.2, 0.25) is 0 Å². The number of rotatable bonds is 2. The fourth-order valence-corrected chi connectivity index (χ4v) is 2.57. The van der Waals surface area contributed by atoms with E-state index in [9.17, 15) is 0 Å². The number of aromatic nitrogens is 2. The second-order valence-electron chi connectivity index (χ2n) is 4.80. The van der Waals surface area contributed by atoms with E-state index < -0.39 is 0 Å². The maximum Gasteiger partial charge on any atom is 0.132 e. The fourth-order valence-electron chi connectivity index (χ4n) is 2.57. The van der Waals surface area contributed by atoms with Gasteiger partial charge in [-0.1, -0.05) is 6.92 Å². The number of aryl methyl sites for hydroxylation is 2. The molecular formula is C13H21N3. The normalized spacial score (nSPS) is 25.1. The minimum Gasteiger partial charge on any atom is -0.351 e. The van der Waals surface area contributed by atoms with Crippen LogP contribution >= 0.6 is 0 Å². The summed E-state index contributed by atoms with van der Waals surface area (Å²) in [4.78, 5) is 11.5. The molecule has 0 radical (unpaired) electrons. The van der Waals surface area contributed by atoms with Crippen molar-refractivity contribution in [2.24, 2.45) is 0 Å². The molecule has 0 bridgehead atoms. The Morgan fingerprint density at radius 3 is 2.44 bits per heavy atom. The van der Waals surface area contributed by atoms with E-state index in [0.29, 0.717) is 12.1 Å². The molecule has 2 heterocycles. The van der Waals surface area contributed by atoms with Crippen LogP contribution in [0.15, 0.2) is 6.07 Å². The zero-order chi connectivity index (χ0) is 11.7. The van der Waals surface area contributed by atoms with Crippen molar-refractivity contribution in [2.75, 3.05) is 4.90 Å². The van der Waals surface area contributed by atoms with Crippen LogP contribution in [0.1, 0.15) is 45.1 Å². The van der Waals surface area contributed by atoms with Gasteiger partial charge in [-0.05, 0) is 40.0 Å². The van der Waals surface area contributed by atoms with Gasteiger partial charge in [0.15, 0.2) is 0 Å². The highest BCUT2D eigenvalue weighted by Gasteiger charge is 2.28. The summed E-state index contributed by atoms with van der Waals surface area (Å²) in [6.45, 7) is 8.69. The van der Waals surface area contributed by atoms with Gasteiger partial charge >= 0.3 is 0 Å². The van der Waals surface area contributed by atoms with Gasteiger partial charge in [0.05, 0.1) is 0 Å². The third-order valence-corrected chi connectivity index (χ3v) is 3.46. The van der Waals surface area contributed by atoms with Gasteiger partial charge in [-0.15, -0.1) is 0 Å². The molecule has 2 rings (SSSR count). The van der Waals surface area contributed by atoms with Crippen LogP contribution in [0.3, 0.4) is 0 Å². The molecule has 0 spiro atoms. The molecule has 0 aromatic carbocycles. The Kier molecular flexibility index (Phi) is 3.13. The van der Waals surface area contributed by atoms with Crippen molar-refractivity contribution >= 4 is 5.82 Å². The van der Waals surface area contributed by atoms with E-state index in [-0.39, 0.29) is 0 Å². The van der Waals surface area contributed by atoms with Crippen LogP contribution in [0, 0.1) is 6.92 Å². The summed E-state index contributed by atoms with van der Waals surface area (Å²) in [7, 11) is 0. The second-order valence-corrected chi connectivity index (χ2v) is 4.80. The predicted molar refractivity (Wildman–Crippen MR) is 66.8 cm³/mol. The maximum atomic E-state index is 4.58. The monoisotopic (exact) mass is 219 g/mol. The Balaban J connectivity index is 2.35. The molecule has 16 heavy (non-hydrogen) atoms. The van der Waals surface area contributed by atoms with Crippen molar-refractivity contribution in [3.05, 3.63) is 17.6 Å². The first-order chi connectivity index (χ1) is 7.61. The molecule has 2 unspecified atom stereocenters. The second kappa shape index (κ2) is 4.40. The molecule has 1 aliphatic heterocycles. The molecule has 1 fully saturated rings. The average molecular weight is 219 g/mol. The van der Waals surface area contributed by atoms with Crippen LogP contribution in [-0.2, 0) is 6.42 Å². The Morgan fingerprint density at radius 1 is 1.25 bits per heavy atom. The molecule has 3 nitrogen and oxygen atoms in total. The van der Waals surface area contributed by atoms with Gasteiger partial charge in [0.1, 0.15) is 11.6 Å². The molecule has 0 aliphatic carbocycles. The average Bonchev–Trinajstić information content (AvgIpc) is 2.57. The summed E-state index contributed by atoms with van der Waals surface area (Å²) in [5.41, 5.74) is 1.15. The molecule has 2 atom stereocenters. The first-order valence-corrected chi connectivity index (χ1v) is 6.24. The minimum absolute atomic E-state index is 0.606. The molecule has 1 saturated heterocycles. The van der Waals surface area contributed by atoms with Crippen LogP contribution in [-0.4, -0.2) is 22.1 Å². The highest BCUT2D eigenvalue weighted by atomic mass is 15.3. The summed E-state index contributed by atoms with van der Waals surface area (Å²) < 4.78 is 0. The largest absolute Gasteiger partial charge is 0.351 e. The Hall–Kier alpha value is -1.12. The van der Waals surface area contributed by atoms with Crippen molar-refractivity contribution in [3.63, 3.8) is 0 Å². The maximum absolute atomic E-state index is 4.58. The van der Waals surface area contributed by atoms with Crippen LogP contribution in [0.25, 0.3) is 0 Å². The summed E-state index contributed by atoms with van der Waals surface area (Å²) in [5, 5.41) is 0. The lowest BCUT2D eigenvalue weighted by Gasteiger charge is -2.27. The summed E-state index contributed by atoms with van der Waals surface area (Å²) >= 11 is 0. The van der Waals surface area contributed by atoms with Gasteiger partial charge in [-0.2, -0.15) is 0 Å². The van der Waals surface area contributed by atoms with Gasteiger partial charge in [0, 0.05) is 23.8 Å². The van der Waals surface area contributed by atoms with E-state index in [0.717, 1.165) is 23.8 Å². The molecule has 0 amide bonds. The van der Waals surface area contributed by atoms with Crippen molar-refractivity contribution in [1.29, 1.82) is 0 Å². The number of anilines is 1. The molecule has 0 N–H and O–H groups in total. The van der Waals surface area contributed by atoms with Crippen LogP contribution in [0.4, 0.5) is 5.82 Å². The van der Waals surface area contributed by atoms with Crippen LogP contribution < -0.4 is 4.90 Å². The quantitative estimate of drug-likeness (QED) is 0.766. The first kappa shape index (κ1) is 11.4. The lowest BCUT2D eigenvalue weighted by atomic mass is 10.2. The third kappa shape index (κ3) is 2.04. The van der Waals surface area contributed by atoms with Crippen LogP contribution in [0.5, 0.6) is 0 Å². The summed E-state index contributed by atoms with van der Waals surface area (Å²) in [6.07, 6.45) is 3.52. The van der Waals surface area contributed by atoms with E-state index in [4.69, 9.17) is 0 Å². The van der Waals surface area contributed by atoms with Gasteiger partial charge in [0.25, 0.3) is 0 Å². The topological polar surface area (TPSA) is 29.0 Å². The third-order valence-electron chi connectivity index (χ3n) is 3.46. The van der Waals surface area contributed by atoms with E-state index in [1.54, 1.807) is 0 Å². The Bertz CT molecular complexity index is 365. The molecule has 1 aromatic heterocycles. The zero-order valence-corrected chi connectivity index (χ0v) is 10.7. The standard InChI is InChI=1S/C13H21N3/c1-5-12-8-13(15-11(4)14-12)16-9(2)6-7-10(16)3/h8-10H,5-7H2,1-4H3.